The Kier molecular flexibility index (Phi) is 6.62. The normalized spacial score (nSPS) is 11.0. The quantitative estimate of drug-likeness (QED) is 0.510. The van der Waals surface area contributed by atoms with Crippen molar-refractivity contribution in [1.82, 2.24) is 0 Å². The first kappa shape index (κ1) is 22.6. The number of halogens is 3. The van der Waals surface area contributed by atoms with E-state index in [0.29, 0.717) is 11.6 Å². The lowest BCUT2D eigenvalue weighted by Crippen LogP contribution is -2.22. The highest BCUT2D eigenvalue weighted by atomic mass is 19.4. The van der Waals surface area contributed by atoms with Gasteiger partial charge < -0.3 is 19.8 Å². The molecule has 2 aromatic carbocycles. The average Bonchev–Trinajstić information content (AvgIpc) is 3.28. The maximum atomic E-state index is 13.5. The molecule has 0 fully saturated rings. The lowest BCUT2D eigenvalue weighted by atomic mass is 10.1. The van der Waals surface area contributed by atoms with Gasteiger partial charge in [-0.1, -0.05) is 0 Å². The van der Waals surface area contributed by atoms with Crippen LogP contribution in [0.4, 0.5) is 24.5 Å². The van der Waals surface area contributed by atoms with Crippen molar-refractivity contribution in [2.24, 2.45) is 0 Å². The van der Waals surface area contributed by atoms with Gasteiger partial charge in [0.15, 0.2) is 18.2 Å². The molecule has 0 aliphatic heterocycles. The Bertz CT molecular complexity index is 1120. The molecular weight excluding hydrogens is 429 g/mol. The number of amides is 2. The molecule has 32 heavy (non-hydrogen) atoms. The molecule has 166 valence electrons. The second-order valence-corrected chi connectivity index (χ2v) is 6.61. The fourth-order valence-electron chi connectivity index (χ4n) is 2.69. The molecule has 3 rings (SSSR count). The van der Waals surface area contributed by atoms with Gasteiger partial charge in [-0.2, -0.15) is 13.2 Å². The molecule has 3 aromatic rings. The Morgan fingerprint density at radius 1 is 1.00 bits per heavy atom. The number of ether oxygens (including phenoxy) is 1. The van der Waals surface area contributed by atoms with Crippen molar-refractivity contribution in [3.05, 3.63) is 77.7 Å². The van der Waals surface area contributed by atoms with E-state index in [9.17, 15) is 27.6 Å². The standard InChI is InChI=1S/C22H17F3N2O5/c1-13(28)14-4-7-16(8-5-14)32-12-20(29)27-18-9-6-15(11-17(18)22(23,24)25)26-21(30)19-3-2-10-31-19/h2-11H,12H2,1H3,(H,26,30)(H,27,29). The summed E-state index contributed by atoms with van der Waals surface area (Å²) < 4.78 is 50.7. The fourth-order valence-corrected chi connectivity index (χ4v) is 2.69. The van der Waals surface area contributed by atoms with Crippen molar-refractivity contribution in [2.75, 3.05) is 17.2 Å². The van der Waals surface area contributed by atoms with Crippen molar-refractivity contribution >= 4 is 29.0 Å². The largest absolute Gasteiger partial charge is 0.484 e. The van der Waals surface area contributed by atoms with Crippen molar-refractivity contribution in [3.8, 4) is 5.75 Å². The average molecular weight is 446 g/mol. The molecule has 2 N–H and O–H groups in total. The van der Waals surface area contributed by atoms with Gasteiger partial charge in [0.25, 0.3) is 11.8 Å². The molecule has 0 saturated heterocycles. The number of benzene rings is 2. The van der Waals surface area contributed by atoms with Gasteiger partial charge in [0.2, 0.25) is 0 Å². The van der Waals surface area contributed by atoms with E-state index in [-0.39, 0.29) is 23.0 Å². The Morgan fingerprint density at radius 3 is 2.31 bits per heavy atom. The van der Waals surface area contributed by atoms with E-state index in [2.05, 4.69) is 10.6 Å². The first-order valence-corrected chi connectivity index (χ1v) is 9.23. The third kappa shape index (κ3) is 5.75. The van der Waals surface area contributed by atoms with Crippen LogP contribution in [0.5, 0.6) is 5.75 Å². The molecule has 0 bridgehead atoms. The summed E-state index contributed by atoms with van der Waals surface area (Å²) in [6.45, 7) is 0.850. The van der Waals surface area contributed by atoms with E-state index < -0.39 is 35.8 Å². The fraction of sp³-hybridized carbons (Fsp3) is 0.136. The van der Waals surface area contributed by atoms with E-state index in [1.54, 1.807) is 0 Å². The summed E-state index contributed by atoms with van der Waals surface area (Å²) in [6.07, 6.45) is -3.54. The lowest BCUT2D eigenvalue weighted by molar-refractivity contribution is -0.137. The Balaban J connectivity index is 1.68. The van der Waals surface area contributed by atoms with E-state index in [0.717, 1.165) is 6.07 Å². The molecule has 0 unspecified atom stereocenters. The number of hydrogen-bond acceptors (Lipinski definition) is 5. The monoisotopic (exact) mass is 446 g/mol. The number of Topliss-reactive ketones (excluding diaryl/α,β-unsaturated/α-hetero) is 1. The predicted molar refractivity (Wildman–Crippen MR) is 109 cm³/mol. The third-order valence-corrected chi connectivity index (χ3v) is 4.23. The third-order valence-electron chi connectivity index (χ3n) is 4.23. The number of furan rings is 1. The van der Waals surface area contributed by atoms with Gasteiger partial charge in [0.1, 0.15) is 5.75 Å². The highest BCUT2D eigenvalue weighted by Gasteiger charge is 2.34. The van der Waals surface area contributed by atoms with Crippen LogP contribution in [-0.4, -0.2) is 24.2 Å². The summed E-state index contributed by atoms with van der Waals surface area (Å²) in [5.41, 5.74) is -1.31. The number of carbonyl (C=O) groups excluding carboxylic acids is 3. The van der Waals surface area contributed by atoms with Crippen molar-refractivity contribution in [1.29, 1.82) is 0 Å². The first-order chi connectivity index (χ1) is 15.1. The zero-order valence-corrected chi connectivity index (χ0v) is 16.7. The first-order valence-electron chi connectivity index (χ1n) is 9.23. The van der Waals surface area contributed by atoms with Crippen LogP contribution < -0.4 is 15.4 Å². The molecule has 2 amide bonds. The number of carbonyl (C=O) groups is 3. The maximum Gasteiger partial charge on any atom is 0.418 e. The molecular formula is C22H17F3N2O5. The van der Waals surface area contributed by atoms with Crippen LogP contribution in [-0.2, 0) is 11.0 Å². The molecule has 0 aliphatic rings. The number of ketones is 1. The van der Waals surface area contributed by atoms with Crippen LogP contribution in [0.3, 0.4) is 0 Å². The van der Waals surface area contributed by atoms with Gasteiger partial charge in [0.05, 0.1) is 17.5 Å². The molecule has 1 heterocycles. The second-order valence-electron chi connectivity index (χ2n) is 6.61. The minimum atomic E-state index is -4.79. The summed E-state index contributed by atoms with van der Waals surface area (Å²) >= 11 is 0. The SMILES string of the molecule is CC(=O)c1ccc(OCC(=O)Nc2ccc(NC(=O)c3ccco3)cc2C(F)(F)F)cc1. The highest BCUT2D eigenvalue weighted by Crippen LogP contribution is 2.36. The number of alkyl halides is 3. The van der Waals surface area contributed by atoms with Gasteiger partial charge in [-0.3, -0.25) is 14.4 Å². The molecule has 1 aromatic heterocycles. The smallest absolute Gasteiger partial charge is 0.418 e. The van der Waals surface area contributed by atoms with Crippen LogP contribution >= 0.6 is 0 Å². The Morgan fingerprint density at radius 2 is 1.72 bits per heavy atom. The van der Waals surface area contributed by atoms with Crippen LogP contribution in [0.25, 0.3) is 0 Å². The van der Waals surface area contributed by atoms with Gasteiger partial charge in [-0.05, 0) is 61.5 Å². The van der Waals surface area contributed by atoms with Gasteiger partial charge in [-0.15, -0.1) is 0 Å². The molecule has 7 nitrogen and oxygen atoms in total. The summed E-state index contributed by atoms with van der Waals surface area (Å²) in [5.74, 6) is -1.47. The van der Waals surface area contributed by atoms with E-state index >= 15 is 0 Å². The van der Waals surface area contributed by atoms with Crippen LogP contribution in [0.2, 0.25) is 0 Å². The van der Waals surface area contributed by atoms with Crippen LogP contribution in [0, 0.1) is 0 Å². The second kappa shape index (κ2) is 9.38. The number of hydrogen-bond donors (Lipinski definition) is 2. The molecule has 0 spiro atoms. The minimum Gasteiger partial charge on any atom is -0.484 e. The highest BCUT2D eigenvalue weighted by molar-refractivity contribution is 6.02. The number of anilines is 2. The van der Waals surface area contributed by atoms with E-state index in [1.165, 1.54) is 55.7 Å². The number of nitrogens with one attached hydrogen (secondary N) is 2. The predicted octanol–water partition coefficient (Wildman–Crippen LogP) is 4.77. The maximum absolute atomic E-state index is 13.5. The lowest BCUT2D eigenvalue weighted by Gasteiger charge is -2.16. The molecule has 0 radical (unpaired) electrons. The summed E-state index contributed by atoms with van der Waals surface area (Å²) in [4.78, 5) is 35.4. The van der Waals surface area contributed by atoms with Crippen molar-refractivity contribution < 1.29 is 36.7 Å². The van der Waals surface area contributed by atoms with Crippen LogP contribution in [0.1, 0.15) is 33.4 Å². The molecule has 0 saturated carbocycles. The van der Waals surface area contributed by atoms with Crippen molar-refractivity contribution in [3.63, 3.8) is 0 Å². The van der Waals surface area contributed by atoms with Gasteiger partial charge in [-0.25, -0.2) is 0 Å². The van der Waals surface area contributed by atoms with Gasteiger partial charge in [0, 0.05) is 11.3 Å². The minimum absolute atomic E-state index is 0.0653. The van der Waals surface area contributed by atoms with Crippen LogP contribution in [0.15, 0.2) is 65.3 Å². The van der Waals surface area contributed by atoms with Gasteiger partial charge >= 0.3 is 6.18 Å². The zero-order valence-electron chi connectivity index (χ0n) is 16.7. The topological polar surface area (TPSA) is 97.6 Å². The Labute approximate surface area is 180 Å². The molecule has 0 atom stereocenters. The zero-order chi connectivity index (χ0) is 23.3. The number of rotatable bonds is 7. The summed E-state index contributed by atoms with van der Waals surface area (Å²) in [7, 11) is 0. The van der Waals surface area contributed by atoms with Crippen molar-refractivity contribution in [2.45, 2.75) is 13.1 Å². The van der Waals surface area contributed by atoms with E-state index in [1.807, 2.05) is 0 Å². The Hall–Kier alpha value is -4.08. The molecule has 0 aliphatic carbocycles. The van der Waals surface area contributed by atoms with E-state index in [4.69, 9.17) is 9.15 Å². The molecule has 10 heteroatoms. The summed E-state index contributed by atoms with van der Waals surface area (Å²) in [5, 5.41) is 4.46. The summed E-state index contributed by atoms with van der Waals surface area (Å²) in [6, 6.07) is 11.7.